The third-order valence-corrected chi connectivity index (χ3v) is 5.12. The minimum Gasteiger partial charge on any atom is -0.345 e. The Bertz CT molecular complexity index is 932. The van der Waals surface area contributed by atoms with E-state index in [2.05, 4.69) is 32.1 Å². The maximum atomic E-state index is 4.66. The van der Waals surface area contributed by atoms with Gasteiger partial charge in [-0.05, 0) is 25.0 Å². The van der Waals surface area contributed by atoms with Gasteiger partial charge in [-0.15, -0.1) is 11.3 Å². The number of hydrogen-bond donors (Lipinski definition) is 1. The molecular weight excluding hydrogens is 280 g/mol. The lowest BCUT2D eigenvalue weighted by atomic mass is 10.2. The first-order chi connectivity index (χ1) is 10.4. The van der Waals surface area contributed by atoms with Gasteiger partial charge < -0.3 is 4.98 Å². The molecule has 0 bridgehead atoms. The molecule has 1 aliphatic carbocycles. The SMILES string of the molecule is c1cc2sc(-c3c[nH]c4nc(C5CC5)ncc34)cc2cn1. The quantitative estimate of drug-likeness (QED) is 0.605. The molecular formula is C16H12N4S. The standard InChI is InChI=1S/C16H12N4S/c1-2-9(1)15-18-8-12-11(7-19-16(12)20-15)14-5-10-6-17-4-3-13(10)21-14/h3-9H,1-2H2,(H,18,19,20). The summed E-state index contributed by atoms with van der Waals surface area (Å²) in [6.45, 7) is 0. The molecule has 21 heavy (non-hydrogen) atoms. The Morgan fingerprint density at radius 2 is 2.19 bits per heavy atom. The minimum absolute atomic E-state index is 0.580. The highest BCUT2D eigenvalue weighted by molar-refractivity contribution is 7.22. The van der Waals surface area contributed by atoms with Crippen LogP contribution in [0.4, 0.5) is 0 Å². The van der Waals surface area contributed by atoms with Crippen molar-refractivity contribution < 1.29 is 0 Å². The molecule has 5 heteroatoms. The average Bonchev–Trinajstić information content (AvgIpc) is 3.14. The van der Waals surface area contributed by atoms with E-state index in [9.17, 15) is 0 Å². The molecule has 0 atom stereocenters. The molecule has 5 rings (SSSR count). The van der Waals surface area contributed by atoms with Crippen molar-refractivity contribution in [3.8, 4) is 10.4 Å². The third-order valence-electron chi connectivity index (χ3n) is 3.98. The highest BCUT2D eigenvalue weighted by Gasteiger charge is 2.27. The van der Waals surface area contributed by atoms with Crippen LogP contribution in [0, 0.1) is 0 Å². The number of aromatic amines is 1. The number of pyridine rings is 1. The summed E-state index contributed by atoms with van der Waals surface area (Å²) < 4.78 is 1.25. The van der Waals surface area contributed by atoms with Crippen LogP contribution in [-0.4, -0.2) is 19.9 Å². The molecule has 0 aliphatic heterocycles. The van der Waals surface area contributed by atoms with Crippen molar-refractivity contribution in [1.82, 2.24) is 19.9 Å². The summed E-state index contributed by atoms with van der Waals surface area (Å²) in [6, 6.07) is 4.24. The number of thiophene rings is 1. The van der Waals surface area contributed by atoms with Crippen LogP contribution in [0.5, 0.6) is 0 Å². The van der Waals surface area contributed by atoms with Gasteiger partial charge in [0.2, 0.25) is 0 Å². The van der Waals surface area contributed by atoms with E-state index in [1.807, 2.05) is 24.8 Å². The maximum Gasteiger partial charge on any atom is 0.141 e. The van der Waals surface area contributed by atoms with Crippen LogP contribution in [0.2, 0.25) is 0 Å². The first-order valence-electron chi connectivity index (χ1n) is 7.06. The van der Waals surface area contributed by atoms with E-state index in [-0.39, 0.29) is 0 Å². The molecule has 0 amide bonds. The fourth-order valence-corrected chi connectivity index (χ4v) is 3.74. The lowest BCUT2D eigenvalue weighted by Crippen LogP contribution is -1.91. The van der Waals surface area contributed by atoms with Crippen LogP contribution < -0.4 is 0 Å². The first-order valence-corrected chi connectivity index (χ1v) is 7.88. The molecule has 0 aromatic carbocycles. The first kappa shape index (κ1) is 11.4. The second-order valence-corrected chi connectivity index (χ2v) is 6.58. The summed E-state index contributed by atoms with van der Waals surface area (Å²) in [5.74, 6) is 1.56. The third kappa shape index (κ3) is 1.77. The lowest BCUT2D eigenvalue weighted by molar-refractivity contribution is 0.943. The van der Waals surface area contributed by atoms with Gasteiger partial charge in [0.1, 0.15) is 11.5 Å². The Kier molecular flexibility index (Phi) is 2.23. The van der Waals surface area contributed by atoms with Gasteiger partial charge in [-0.25, -0.2) is 9.97 Å². The number of hydrogen-bond acceptors (Lipinski definition) is 4. The Labute approximate surface area is 124 Å². The average molecular weight is 292 g/mol. The number of fused-ring (bicyclic) bond motifs is 2. The van der Waals surface area contributed by atoms with Gasteiger partial charge in [0.25, 0.3) is 0 Å². The molecule has 1 saturated carbocycles. The molecule has 1 aliphatic rings. The van der Waals surface area contributed by atoms with E-state index in [0.29, 0.717) is 5.92 Å². The van der Waals surface area contributed by atoms with Crippen molar-refractivity contribution >= 4 is 32.5 Å². The molecule has 1 N–H and O–H groups in total. The van der Waals surface area contributed by atoms with Crippen LogP contribution in [0.15, 0.2) is 36.9 Å². The van der Waals surface area contributed by atoms with Crippen LogP contribution in [0.1, 0.15) is 24.6 Å². The Balaban J connectivity index is 1.69. The van der Waals surface area contributed by atoms with Gasteiger partial charge in [-0.1, -0.05) is 0 Å². The molecule has 0 unspecified atom stereocenters. The van der Waals surface area contributed by atoms with Gasteiger partial charge >= 0.3 is 0 Å². The van der Waals surface area contributed by atoms with Crippen molar-refractivity contribution in [2.24, 2.45) is 0 Å². The summed E-state index contributed by atoms with van der Waals surface area (Å²) >= 11 is 1.78. The summed E-state index contributed by atoms with van der Waals surface area (Å²) in [5.41, 5.74) is 2.12. The lowest BCUT2D eigenvalue weighted by Gasteiger charge is -1.97. The Morgan fingerprint density at radius 1 is 1.24 bits per heavy atom. The number of nitrogens with zero attached hydrogens (tertiary/aromatic N) is 3. The van der Waals surface area contributed by atoms with Gasteiger partial charge in [-0.3, -0.25) is 4.98 Å². The van der Waals surface area contributed by atoms with E-state index in [1.54, 1.807) is 11.3 Å². The van der Waals surface area contributed by atoms with Crippen LogP contribution in [-0.2, 0) is 0 Å². The number of aromatic nitrogens is 4. The monoisotopic (exact) mass is 292 g/mol. The second-order valence-electron chi connectivity index (χ2n) is 5.49. The van der Waals surface area contributed by atoms with Crippen LogP contribution in [0.3, 0.4) is 0 Å². The summed E-state index contributed by atoms with van der Waals surface area (Å²) in [7, 11) is 0. The predicted octanol–water partition coefficient (Wildman–Crippen LogP) is 4.11. The van der Waals surface area contributed by atoms with Crippen molar-refractivity contribution in [1.29, 1.82) is 0 Å². The molecule has 4 aromatic rings. The Morgan fingerprint density at radius 3 is 3.05 bits per heavy atom. The maximum absolute atomic E-state index is 4.66. The molecule has 4 aromatic heterocycles. The van der Waals surface area contributed by atoms with Crippen molar-refractivity contribution in [3.05, 3.63) is 42.7 Å². The van der Waals surface area contributed by atoms with E-state index in [4.69, 9.17) is 0 Å². The summed E-state index contributed by atoms with van der Waals surface area (Å²) in [5, 5.41) is 2.28. The Hall–Kier alpha value is -2.27. The smallest absolute Gasteiger partial charge is 0.141 e. The molecule has 0 saturated heterocycles. The fraction of sp³-hybridized carbons (Fsp3) is 0.188. The van der Waals surface area contributed by atoms with Gasteiger partial charge in [0.15, 0.2) is 0 Å². The molecule has 4 nitrogen and oxygen atoms in total. The van der Waals surface area contributed by atoms with Crippen LogP contribution in [0.25, 0.3) is 31.6 Å². The molecule has 0 radical (unpaired) electrons. The highest BCUT2D eigenvalue weighted by atomic mass is 32.1. The normalized spacial score (nSPS) is 15.0. The van der Waals surface area contributed by atoms with Crippen molar-refractivity contribution in [2.75, 3.05) is 0 Å². The van der Waals surface area contributed by atoms with Crippen LogP contribution >= 0.6 is 11.3 Å². The summed E-state index contributed by atoms with van der Waals surface area (Å²) in [6.07, 6.45) is 10.2. The predicted molar refractivity (Wildman–Crippen MR) is 84.5 cm³/mol. The fourth-order valence-electron chi connectivity index (χ4n) is 2.68. The van der Waals surface area contributed by atoms with E-state index >= 15 is 0 Å². The molecule has 1 fully saturated rings. The highest BCUT2D eigenvalue weighted by Crippen LogP contribution is 2.40. The number of rotatable bonds is 2. The largest absolute Gasteiger partial charge is 0.345 e. The topological polar surface area (TPSA) is 54.5 Å². The van der Waals surface area contributed by atoms with Crippen molar-refractivity contribution in [3.63, 3.8) is 0 Å². The zero-order chi connectivity index (χ0) is 13.8. The second kappa shape index (κ2) is 4.11. The summed E-state index contributed by atoms with van der Waals surface area (Å²) in [4.78, 5) is 17.9. The molecule has 102 valence electrons. The van der Waals surface area contributed by atoms with E-state index < -0.39 is 0 Å². The van der Waals surface area contributed by atoms with Gasteiger partial charge in [0.05, 0.1) is 0 Å². The molecule has 4 heterocycles. The van der Waals surface area contributed by atoms with Gasteiger partial charge in [0, 0.05) is 56.6 Å². The van der Waals surface area contributed by atoms with Crippen molar-refractivity contribution in [2.45, 2.75) is 18.8 Å². The zero-order valence-corrected chi connectivity index (χ0v) is 12.0. The van der Waals surface area contributed by atoms with E-state index in [1.165, 1.54) is 33.4 Å². The number of nitrogens with one attached hydrogen (secondary N) is 1. The molecule has 0 spiro atoms. The zero-order valence-electron chi connectivity index (χ0n) is 11.2. The minimum atomic E-state index is 0.580. The van der Waals surface area contributed by atoms with Gasteiger partial charge in [-0.2, -0.15) is 0 Å². The van der Waals surface area contributed by atoms with E-state index in [0.717, 1.165) is 16.9 Å². The number of H-pyrrole nitrogens is 1.